The van der Waals surface area contributed by atoms with Crippen LogP contribution in [0.5, 0.6) is 0 Å². The van der Waals surface area contributed by atoms with Crippen molar-refractivity contribution in [3.8, 4) is 0 Å². The van der Waals surface area contributed by atoms with Gasteiger partial charge in [-0.2, -0.15) is 0 Å². The topological polar surface area (TPSA) is 72.6 Å². The molecule has 0 bridgehead atoms. The fourth-order valence-corrected chi connectivity index (χ4v) is 3.32. The van der Waals surface area contributed by atoms with E-state index in [0.29, 0.717) is 23.2 Å². The average molecular weight is 274 g/mol. The molecule has 2 N–H and O–H groups in total. The van der Waals surface area contributed by atoms with Gasteiger partial charge in [0.1, 0.15) is 0 Å². The minimum Gasteiger partial charge on any atom is -0.398 e. The summed E-state index contributed by atoms with van der Waals surface area (Å²) < 4.78 is 5.39. The molecular formula is C15H18N2O3. The lowest BCUT2D eigenvalue weighted by Crippen LogP contribution is -2.63. The highest BCUT2D eigenvalue weighted by atomic mass is 16.5. The number of benzene rings is 1. The van der Waals surface area contributed by atoms with E-state index in [-0.39, 0.29) is 29.4 Å². The highest BCUT2D eigenvalue weighted by molar-refractivity contribution is 6.23. The molecule has 2 atom stereocenters. The van der Waals surface area contributed by atoms with Crippen LogP contribution in [-0.4, -0.2) is 36.0 Å². The average Bonchev–Trinajstić information content (AvgIpc) is 2.64. The van der Waals surface area contributed by atoms with Gasteiger partial charge in [-0.05, 0) is 18.6 Å². The number of carbonyl (C=O) groups excluding carboxylic acids is 2. The molecule has 5 nitrogen and oxygen atoms in total. The van der Waals surface area contributed by atoms with E-state index in [4.69, 9.17) is 10.5 Å². The lowest BCUT2D eigenvalue weighted by molar-refractivity contribution is -0.119. The van der Waals surface area contributed by atoms with Gasteiger partial charge in [0.15, 0.2) is 0 Å². The summed E-state index contributed by atoms with van der Waals surface area (Å²) in [7, 11) is 1.66. The molecule has 20 heavy (non-hydrogen) atoms. The zero-order valence-corrected chi connectivity index (χ0v) is 11.8. The largest absolute Gasteiger partial charge is 0.398 e. The third-order valence-corrected chi connectivity index (χ3v) is 4.70. The summed E-state index contributed by atoms with van der Waals surface area (Å²) in [6, 6.07) is 4.87. The van der Waals surface area contributed by atoms with Crippen LogP contribution in [0, 0.1) is 5.41 Å². The fraction of sp³-hybridized carbons (Fsp3) is 0.467. The number of carbonyl (C=O) groups is 2. The molecule has 2 aliphatic rings. The summed E-state index contributed by atoms with van der Waals surface area (Å²) in [6.07, 6.45) is 0.740. The van der Waals surface area contributed by atoms with E-state index < -0.39 is 0 Å². The first-order valence-electron chi connectivity index (χ1n) is 6.68. The Bertz CT molecular complexity index is 609. The number of anilines is 1. The molecule has 0 aromatic heterocycles. The van der Waals surface area contributed by atoms with E-state index in [2.05, 4.69) is 0 Å². The van der Waals surface area contributed by atoms with Crippen molar-refractivity contribution in [2.24, 2.45) is 5.41 Å². The van der Waals surface area contributed by atoms with Gasteiger partial charge in [0.05, 0.1) is 23.3 Å². The maximum atomic E-state index is 12.5. The maximum Gasteiger partial charge on any atom is 0.263 e. The van der Waals surface area contributed by atoms with E-state index in [1.807, 2.05) is 13.8 Å². The van der Waals surface area contributed by atoms with Crippen LogP contribution in [0.1, 0.15) is 41.0 Å². The van der Waals surface area contributed by atoms with Crippen LogP contribution in [-0.2, 0) is 4.74 Å². The minimum atomic E-state index is -0.282. The zero-order valence-electron chi connectivity index (χ0n) is 11.8. The predicted molar refractivity (Wildman–Crippen MR) is 74.3 cm³/mol. The van der Waals surface area contributed by atoms with E-state index in [1.165, 1.54) is 4.90 Å². The molecule has 2 amide bonds. The SMILES string of the molecule is COC1CC(N2C(=O)c3cccc(N)c3C2=O)C1(C)C. The van der Waals surface area contributed by atoms with Crippen LogP contribution >= 0.6 is 0 Å². The Balaban J connectivity index is 1.98. The van der Waals surface area contributed by atoms with Crippen molar-refractivity contribution in [2.75, 3.05) is 12.8 Å². The highest BCUT2D eigenvalue weighted by Crippen LogP contribution is 2.48. The molecule has 106 valence electrons. The van der Waals surface area contributed by atoms with E-state index in [9.17, 15) is 9.59 Å². The van der Waals surface area contributed by atoms with Crippen molar-refractivity contribution >= 4 is 17.5 Å². The van der Waals surface area contributed by atoms with Crippen molar-refractivity contribution in [3.63, 3.8) is 0 Å². The predicted octanol–water partition coefficient (Wildman–Crippen LogP) is 1.68. The first-order valence-corrected chi connectivity index (χ1v) is 6.68. The summed E-state index contributed by atoms with van der Waals surface area (Å²) in [5, 5.41) is 0. The van der Waals surface area contributed by atoms with Gasteiger partial charge in [-0.3, -0.25) is 14.5 Å². The number of hydrogen-bond donors (Lipinski definition) is 1. The number of rotatable bonds is 2. The fourth-order valence-electron chi connectivity index (χ4n) is 3.32. The van der Waals surface area contributed by atoms with Gasteiger partial charge in [-0.15, -0.1) is 0 Å². The number of nitrogens with two attached hydrogens (primary N) is 1. The number of hydrogen-bond acceptors (Lipinski definition) is 4. The van der Waals surface area contributed by atoms with Gasteiger partial charge < -0.3 is 10.5 Å². The molecule has 5 heteroatoms. The number of nitrogens with zero attached hydrogens (tertiary/aromatic N) is 1. The third kappa shape index (κ3) is 1.47. The van der Waals surface area contributed by atoms with Gasteiger partial charge in [-0.1, -0.05) is 19.9 Å². The van der Waals surface area contributed by atoms with Gasteiger partial charge in [0.25, 0.3) is 11.8 Å². The van der Waals surface area contributed by atoms with Crippen LogP contribution in [0.15, 0.2) is 18.2 Å². The normalized spacial score (nSPS) is 27.4. The van der Waals surface area contributed by atoms with Crippen molar-refractivity contribution < 1.29 is 14.3 Å². The first-order chi connectivity index (χ1) is 9.39. The molecule has 2 unspecified atom stereocenters. The van der Waals surface area contributed by atoms with Crippen molar-refractivity contribution in [3.05, 3.63) is 29.3 Å². The van der Waals surface area contributed by atoms with Gasteiger partial charge in [0.2, 0.25) is 0 Å². The van der Waals surface area contributed by atoms with Crippen molar-refractivity contribution in [1.82, 2.24) is 4.90 Å². The van der Waals surface area contributed by atoms with Crippen LogP contribution in [0.4, 0.5) is 5.69 Å². The standard InChI is InChI=1S/C15H18N2O3/c1-15(2)10(7-11(15)20-3)17-13(18)8-5-4-6-9(16)12(8)14(17)19/h4-6,10-11H,7,16H2,1-3H3. The Labute approximate surface area is 117 Å². The molecule has 1 heterocycles. The molecule has 0 radical (unpaired) electrons. The summed E-state index contributed by atoms with van der Waals surface area (Å²) in [6.45, 7) is 4.03. The molecule has 1 aromatic carbocycles. The zero-order chi connectivity index (χ0) is 14.7. The van der Waals surface area contributed by atoms with Crippen molar-refractivity contribution in [2.45, 2.75) is 32.4 Å². The van der Waals surface area contributed by atoms with Gasteiger partial charge >= 0.3 is 0 Å². The molecule has 0 saturated heterocycles. The Kier molecular flexibility index (Phi) is 2.66. The number of amides is 2. The highest BCUT2D eigenvalue weighted by Gasteiger charge is 2.56. The Morgan fingerprint density at radius 3 is 2.55 bits per heavy atom. The first kappa shape index (κ1) is 13.1. The summed E-state index contributed by atoms with van der Waals surface area (Å²) in [5.74, 6) is -0.527. The lowest BCUT2D eigenvalue weighted by atomic mass is 9.63. The Morgan fingerprint density at radius 1 is 1.30 bits per heavy atom. The number of imide groups is 1. The van der Waals surface area contributed by atoms with Crippen LogP contribution < -0.4 is 5.73 Å². The molecule has 1 fully saturated rings. The minimum absolute atomic E-state index is 0.0640. The second-order valence-electron chi connectivity index (χ2n) is 6.05. The van der Waals surface area contributed by atoms with E-state index in [1.54, 1.807) is 25.3 Å². The van der Waals surface area contributed by atoms with Gasteiger partial charge in [-0.25, -0.2) is 0 Å². The molecule has 1 saturated carbocycles. The molecule has 1 aliphatic carbocycles. The summed E-state index contributed by atoms with van der Waals surface area (Å²) >= 11 is 0. The van der Waals surface area contributed by atoms with Crippen LogP contribution in [0.2, 0.25) is 0 Å². The molecule has 1 aromatic rings. The van der Waals surface area contributed by atoms with Gasteiger partial charge in [0, 0.05) is 18.2 Å². The smallest absolute Gasteiger partial charge is 0.263 e. The second-order valence-corrected chi connectivity index (χ2v) is 6.05. The third-order valence-electron chi connectivity index (χ3n) is 4.70. The van der Waals surface area contributed by atoms with Crippen molar-refractivity contribution in [1.29, 1.82) is 0 Å². The number of fused-ring (bicyclic) bond motifs is 1. The number of nitrogen functional groups attached to an aromatic ring is 1. The van der Waals surface area contributed by atoms with Crippen LogP contribution in [0.25, 0.3) is 0 Å². The Hall–Kier alpha value is -1.88. The monoisotopic (exact) mass is 274 g/mol. The lowest BCUT2D eigenvalue weighted by Gasteiger charge is -2.53. The van der Waals surface area contributed by atoms with E-state index >= 15 is 0 Å². The number of ether oxygens (including phenoxy) is 1. The molecular weight excluding hydrogens is 256 g/mol. The Morgan fingerprint density at radius 2 is 2.00 bits per heavy atom. The molecule has 3 rings (SSSR count). The molecule has 1 aliphatic heterocycles. The number of methoxy groups -OCH3 is 1. The second kappa shape index (κ2) is 4.06. The van der Waals surface area contributed by atoms with Crippen LogP contribution in [0.3, 0.4) is 0 Å². The summed E-state index contributed by atoms with van der Waals surface area (Å²) in [5.41, 5.74) is 6.72. The quantitative estimate of drug-likeness (QED) is 0.658. The maximum absolute atomic E-state index is 12.5. The van der Waals surface area contributed by atoms with E-state index in [0.717, 1.165) is 0 Å². The summed E-state index contributed by atoms with van der Waals surface area (Å²) in [4.78, 5) is 26.4. The molecule has 0 spiro atoms.